The van der Waals surface area contributed by atoms with E-state index in [1.165, 1.54) is 0 Å². The van der Waals surface area contributed by atoms with Crippen LogP contribution in [0.1, 0.15) is 84.6 Å². The molecule has 0 aromatic heterocycles. The van der Waals surface area contributed by atoms with Gasteiger partial charge in [-0.15, -0.1) is 0 Å². The molecule has 8 nitrogen and oxygen atoms in total. The summed E-state index contributed by atoms with van der Waals surface area (Å²) in [5.41, 5.74) is -0.743. The van der Waals surface area contributed by atoms with Crippen LogP contribution in [0.5, 0.6) is 5.75 Å². The number of rotatable bonds is 8. The zero-order valence-electron chi connectivity index (χ0n) is 21.8. The highest BCUT2D eigenvalue weighted by Gasteiger charge is 2.33. The van der Waals surface area contributed by atoms with Crippen molar-refractivity contribution in [3.8, 4) is 5.75 Å². The molecule has 1 amide bonds. The van der Waals surface area contributed by atoms with E-state index in [1.54, 1.807) is 13.8 Å². The average molecular weight is 491 g/mol. The van der Waals surface area contributed by atoms with Crippen molar-refractivity contribution in [2.24, 2.45) is 0 Å². The number of para-hydroxylation sites is 1. The maximum Gasteiger partial charge on any atom is 0.407 e. The largest absolute Gasteiger partial charge is 0.478 e. The molecule has 3 N–H and O–H groups in total. The quantitative estimate of drug-likeness (QED) is 0.488. The molecule has 3 rings (SSSR count). The second-order valence-electron chi connectivity index (χ2n) is 11.2. The van der Waals surface area contributed by atoms with Crippen LogP contribution < -0.4 is 15.4 Å². The number of carbonyl (C=O) groups excluding carboxylic acids is 1. The number of hydrogen-bond acceptors (Lipinski definition) is 6. The second-order valence-corrected chi connectivity index (χ2v) is 11.2. The molecule has 0 spiro atoms. The van der Waals surface area contributed by atoms with Gasteiger partial charge in [0.25, 0.3) is 0 Å². The number of nitrogens with one attached hydrogen (secondary N) is 2. The van der Waals surface area contributed by atoms with Crippen LogP contribution >= 0.6 is 0 Å². The number of amides is 1. The summed E-state index contributed by atoms with van der Waals surface area (Å²) in [4.78, 5) is 23.8. The van der Waals surface area contributed by atoms with E-state index >= 15 is 0 Å². The highest BCUT2D eigenvalue weighted by atomic mass is 16.6. The molecule has 0 radical (unpaired) electrons. The lowest BCUT2D eigenvalue weighted by molar-refractivity contribution is -0.152. The van der Waals surface area contributed by atoms with Crippen LogP contribution in [0.2, 0.25) is 0 Å². The van der Waals surface area contributed by atoms with E-state index in [0.717, 1.165) is 50.6 Å². The number of carboxylic acids is 1. The first-order valence-corrected chi connectivity index (χ1v) is 12.8. The van der Waals surface area contributed by atoms with E-state index in [0.29, 0.717) is 18.3 Å². The molecule has 1 saturated carbocycles. The normalized spacial score (nSPS) is 25.5. The first-order valence-electron chi connectivity index (χ1n) is 12.8. The Labute approximate surface area is 209 Å². The van der Waals surface area contributed by atoms with Gasteiger partial charge in [-0.05, 0) is 97.2 Å². The summed E-state index contributed by atoms with van der Waals surface area (Å²) in [6.07, 6.45) is 5.45. The van der Waals surface area contributed by atoms with Crippen LogP contribution in [0.25, 0.3) is 0 Å². The van der Waals surface area contributed by atoms with E-state index in [2.05, 4.69) is 10.6 Å². The number of carboxylic acid groups (broad SMARTS) is 1. The molecule has 1 aliphatic carbocycles. The molecule has 35 heavy (non-hydrogen) atoms. The van der Waals surface area contributed by atoms with Gasteiger partial charge in [0, 0.05) is 6.04 Å². The van der Waals surface area contributed by atoms with E-state index in [9.17, 15) is 14.7 Å². The van der Waals surface area contributed by atoms with Gasteiger partial charge in [-0.3, -0.25) is 0 Å². The number of piperidine rings is 1. The van der Waals surface area contributed by atoms with Gasteiger partial charge in [0.1, 0.15) is 11.4 Å². The molecule has 1 aromatic carbocycles. The highest BCUT2D eigenvalue weighted by Crippen LogP contribution is 2.39. The Kier molecular flexibility index (Phi) is 9.05. The maximum absolute atomic E-state index is 12.3. The standard InChI is InChI=1S/C27H42N2O6/c1-26(2,3)35-25(32)29-21-10-8-16-28-22(21)17-33-19-14-12-18(13-15-19)20-9-6-7-11-23(20)34-27(4,5)24(30)31/h6-7,9,11,18-19,21-22,28H,8,10,12-17H2,1-5H3,(H,29,32)(H,30,31)/t18-,19+,21?,22?. The van der Waals surface area contributed by atoms with Crippen molar-refractivity contribution in [3.05, 3.63) is 29.8 Å². The van der Waals surface area contributed by atoms with Crippen molar-refractivity contribution in [2.75, 3.05) is 13.2 Å². The monoisotopic (exact) mass is 490 g/mol. The van der Waals surface area contributed by atoms with Gasteiger partial charge in [0.2, 0.25) is 0 Å². The number of alkyl carbamates (subject to hydrolysis) is 1. The topological polar surface area (TPSA) is 106 Å². The van der Waals surface area contributed by atoms with Gasteiger partial charge in [-0.1, -0.05) is 18.2 Å². The molecular weight excluding hydrogens is 448 g/mol. The Hall–Kier alpha value is -2.32. The van der Waals surface area contributed by atoms with E-state index in [1.807, 2.05) is 45.0 Å². The Morgan fingerprint density at radius 2 is 1.74 bits per heavy atom. The van der Waals surface area contributed by atoms with Crippen molar-refractivity contribution >= 4 is 12.1 Å². The lowest BCUT2D eigenvalue weighted by Gasteiger charge is -2.36. The third kappa shape index (κ3) is 8.10. The Morgan fingerprint density at radius 1 is 1.06 bits per heavy atom. The van der Waals surface area contributed by atoms with Gasteiger partial charge >= 0.3 is 12.1 Å². The van der Waals surface area contributed by atoms with E-state index < -0.39 is 17.2 Å². The molecule has 8 heteroatoms. The fraction of sp³-hybridized carbons (Fsp3) is 0.704. The lowest BCUT2D eigenvalue weighted by atomic mass is 9.82. The number of benzene rings is 1. The third-order valence-electron chi connectivity index (χ3n) is 6.71. The second kappa shape index (κ2) is 11.6. The minimum absolute atomic E-state index is 0.0171. The summed E-state index contributed by atoms with van der Waals surface area (Å²) >= 11 is 0. The average Bonchev–Trinajstić information content (AvgIpc) is 2.78. The number of hydrogen-bond donors (Lipinski definition) is 3. The Morgan fingerprint density at radius 3 is 2.40 bits per heavy atom. The molecule has 2 atom stereocenters. The summed E-state index contributed by atoms with van der Waals surface area (Å²) in [5, 5.41) is 16.0. The van der Waals surface area contributed by atoms with Crippen molar-refractivity contribution < 1.29 is 28.9 Å². The van der Waals surface area contributed by atoms with Crippen LogP contribution in [-0.2, 0) is 14.3 Å². The molecular formula is C27H42N2O6. The summed E-state index contributed by atoms with van der Waals surface area (Å²) in [7, 11) is 0. The fourth-order valence-electron chi connectivity index (χ4n) is 4.77. The summed E-state index contributed by atoms with van der Waals surface area (Å²) in [5.74, 6) is -0.0306. The molecule has 1 heterocycles. The maximum atomic E-state index is 12.3. The smallest absolute Gasteiger partial charge is 0.407 e. The van der Waals surface area contributed by atoms with Crippen molar-refractivity contribution in [2.45, 2.75) is 108 Å². The number of ether oxygens (including phenoxy) is 3. The van der Waals surface area contributed by atoms with Gasteiger partial charge in [-0.25, -0.2) is 9.59 Å². The first kappa shape index (κ1) is 27.3. The van der Waals surface area contributed by atoms with Crippen LogP contribution in [0.15, 0.2) is 24.3 Å². The van der Waals surface area contributed by atoms with Gasteiger partial charge in [0.05, 0.1) is 18.8 Å². The summed E-state index contributed by atoms with van der Waals surface area (Å²) < 4.78 is 17.6. The van der Waals surface area contributed by atoms with Crippen LogP contribution in [-0.4, -0.2) is 59.7 Å². The molecule has 2 aliphatic rings. The van der Waals surface area contributed by atoms with Gasteiger partial charge in [0.15, 0.2) is 5.60 Å². The van der Waals surface area contributed by atoms with Crippen molar-refractivity contribution in [1.29, 1.82) is 0 Å². The van der Waals surface area contributed by atoms with Crippen molar-refractivity contribution in [1.82, 2.24) is 10.6 Å². The zero-order valence-corrected chi connectivity index (χ0v) is 21.8. The van der Waals surface area contributed by atoms with Gasteiger partial charge in [-0.2, -0.15) is 0 Å². The Bertz CT molecular complexity index is 857. The predicted molar refractivity (Wildman–Crippen MR) is 134 cm³/mol. The zero-order chi connectivity index (χ0) is 25.6. The van der Waals surface area contributed by atoms with Crippen LogP contribution in [0.3, 0.4) is 0 Å². The third-order valence-corrected chi connectivity index (χ3v) is 6.71. The predicted octanol–water partition coefficient (Wildman–Crippen LogP) is 4.62. The van der Waals surface area contributed by atoms with Crippen LogP contribution in [0.4, 0.5) is 4.79 Å². The SMILES string of the molecule is CC(C)(C)OC(=O)NC1CCCNC1CO[C@H]1CC[C@@H](c2ccccc2OC(C)(C)C(=O)O)CC1. The molecule has 1 saturated heterocycles. The first-order chi connectivity index (χ1) is 16.4. The molecule has 196 valence electrons. The molecule has 1 aromatic rings. The summed E-state index contributed by atoms with van der Waals surface area (Å²) in [6, 6.07) is 7.79. The Balaban J connectivity index is 1.51. The molecule has 2 fully saturated rings. The minimum atomic E-state index is -1.28. The lowest BCUT2D eigenvalue weighted by Crippen LogP contribution is -2.56. The number of carbonyl (C=O) groups is 2. The van der Waals surface area contributed by atoms with Crippen molar-refractivity contribution in [3.63, 3.8) is 0 Å². The summed E-state index contributed by atoms with van der Waals surface area (Å²) in [6.45, 7) is 10.2. The molecule has 0 bridgehead atoms. The fourth-order valence-corrected chi connectivity index (χ4v) is 4.77. The molecule has 1 aliphatic heterocycles. The minimum Gasteiger partial charge on any atom is -0.478 e. The van der Waals surface area contributed by atoms with Crippen LogP contribution in [0, 0.1) is 0 Å². The highest BCUT2D eigenvalue weighted by molar-refractivity contribution is 5.76. The van der Waals surface area contributed by atoms with E-state index in [4.69, 9.17) is 14.2 Å². The number of aliphatic carboxylic acids is 1. The van der Waals surface area contributed by atoms with E-state index in [-0.39, 0.29) is 24.3 Å². The molecule has 2 unspecified atom stereocenters. The van der Waals surface area contributed by atoms with Gasteiger partial charge < -0.3 is 30.0 Å².